The van der Waals surface area contributed by atoms with E-state index in [0.717, 1.165) is 41.0 Å². The first-order chi connectivity index (χ1) is 15.8. The second-order valence-electron chi connectivity index (χ2n) is 10.6. The van der Waals surface area contributed by atoms with Crippen LogP contribution in [0.15, 0.2) is 35.6 Å². The van der Waals surface area contributed by atoms with Crippen LogP contribution < -0.4 is 5.43 Å². The molecule has 2 aliphatic carbocycles. The Kier molecular flexibility index (Phi) is 5.38. The number of benzene rings is 1. The van der Waals surface area contributed by atoms with Gasteiger partial charge in [-0.25, -0.2) is 10.4 Å². The Labute approximate surface area is 195 Å². The summed E-state index contributed by atoms with van der Waals surface area (Å²) in [5.74, 6) is 1.11. The number of carbonyl (C=O) groups is 1. The molecule has 2 fully saturated rings. The Morgan fingerprint density at radius 2 is 1.97 bits per heavy atom. The van der Waals surface area contributed by atoms with Crippen molar-refractivity contribution in [3.63, 3.8) is 0 Å². The van der Waals surface area contributed by atoms with Crippen molar-refractivity contribution in [1.29, 1.82) is 0 Å². The molecule has 174 valence electrons. The summed E-state index contributed by atoms with van der Waals surface area (Å²) in [6, 6.07) is 8.58. The number of fused-ring (bicyclic) bond motifs is 1. The summed E-state index contributed by atoms with van der Waals surface area (Å²) < 4.78 is 2.07. The third kappa shape index (κ3) is 3.67. The van der Waals surface area contributed by atoms with Gasteiger partial charge in [0.05, 0.1) is 34.4 Å². The molecular formula is C26H34N6O. The number of nitrogens with zero attached hydrogens (tertiary/aromatic N) is 4. The average molecular weight is 447 g/mol. The highest BCUT2D eigenvalue weighted by Crippen LogP contribution is 2.59. The molecule has 0 aliphatic heterocycles. The monoisotopic (exact) mass is 446 g/mol. The fourth-order valence-electron chi connectivity index (χ4n) is 5.78. The summed E-state index contributed by atoms with van der Waals surface area (Å²) in [5.41, 5.74) is 5.93. The zero-order chi connectivity index (χ0) is 23.2. The lowest BCUT2D eigenvalue weighted by molar-refractivity contribution is -0.135. The zero-order valence-electron chi connectivity index (χ0n) is 20.1. The van der Waals surface area contributed by atoms with Crippen LogP contribution >= 0.6 is 0 Å². The lowest BCUT2D eigenvalue weighted by Gasteiger charge is -2.39. The Morgan fingerprint density at radius 3 is 2.73 bits per heavy atom. The predicted octanol–water partition coefficient (Wildman–Crippen LogP) is 5.24. The van der Waals surface area contributed by atoms with Gasteiger partial charge in [-0.15, -0.1) is 0 Å². The van der Waals surface area contributed by atoms with E-state index in [1.54, 1.807) is 6.21 Å². The van der Waals surface area contributed by atoms with Gasteiger partial charge in [0.2, 0.25) is 5.91 Å². The van der Waals surface area contributed by atoms with Crippen molar-refractivity contribution in [2.24, 2.45) is 15.9 Å². The Balaban J connectivity index is 1.30. The second kappa shape index (κ2) is 8.12. The van der Waals surface area contributed by atoms with E-state index in [2.05, 4.69) is 52.3 Å². The summed E-state index contributed by atoms with van der Waals surface area (Å²) >= 11 is 0. The van der Waals surface area contributed by atoms with Crippen LogP contribution in [0, 0.1) is 17.8 Å². The van der Waals surface area contributed by atoms with Gasteiger partial charge in [-0.3, -0.25) is 9.48 Å². The first kappa shape index (κ1) is 21.9. The molecule has 0 saturated heterocycles. The molecule has 2 atom stereocenters. The fraction of sp³-hybridized carbons (Fsp3) is 0.538. The van der Waals surface area contributed by atoms with Crippen molar-refractivity contribution in [3.05, 3.63) is 47.5 Å². The average Bonchev–Trinajstić information content (AvgIpc) is 3.55. The van der Waals surface area contributed by atoms with Gasteiger partial charge in [-0.2, -0.15) is 10.2 Å². The summed E-state index contributed by atoms with van der Waals surface area (Å²) in [5, 5.41) is 9.00. The molecule has 5 rings (SSSR count). The number of aryl methyl sites for hydroxylation is 1. The first-order valence-corrected chi connectivity index (χ1v) is 12.1. The van der Waals surface area contributed by atoms with Crippen LogP contribution in [0.1, 0.15) is 88.3 Å². The van der Waals surface area contributed by atoms with Crippen molar-refractivity contribution in [2.45, 2.75) is 78.2 Å². The minimum atomic E-state index is -0.545. The highest BCUT2D eigenvalue weighted by atomic mass is 16.2. The molecule has 1 aromatic carbocycles. The number of aromatic nitrogens is 4. The number of H-pyrrole nitrogens is 1. The van der Waals surface area contributed by atoms with E-state index in [1.807, 2.05) is 31.2 Å². The molecule has 2 aromatic heterocycles. The lowest BCUT2D eigenvalue weighted by Crippen LogP contribution is -2.45. The minimum absolute atomic E-state index is 0.0387. The predicted molar refractivity (Wildman–Crippen MR) is 130 cm³/mol. The molecule has 0 unspecified atom stereocenters. The number of rotatable bonds is 5. The summed E-state index contributed by atoms with van der Waals surface area (Å²) in [7, 11) is 0. The molecule has 2 heterocycles. The van der Waals surface area contributed by atoms with Crippen molar-refractivity contribution in [1.82, 2.24) is 25.2 Å². The van der Waals surface area contributed by atoms with Gasteiger partial charge < -0.3 is 4.98 Å². The van der Waals surface area contributed by atoms with Crippen molar-refractivity contribution >= 4 is 23.2 Å². The molecule has 1 amide bonds. The van der Waals surface area contributed by atoms with Gasteiger partial charge >= 0.3 is 0 Å². The third-order valence-corrected chi connectivity index (χ3v) is 8.49. The Bertz CT molecular complexity index is 1170. The fourth-order valence-corrected chi connectivity index (χ4v) is 5.78. The number of hydrogen-bond donors (Lipinski definition) is 2. The van der Waals surface area contributed by atoms with Crippen molar-refractivity contribution in [2.75, 3.05) is 0 Å². The smallest absolute Gasteiger partial charge is 0.246 e. The molecule has 2 saturated carbocycles. The quantitative estimate of drug-likeness (QED) is 0.415. The maximum absolute atomic E-state index is 13.3. The molecule has 0 bridgehead atoms. The van der Waals surface area contributed by atoms with Gasteiger partial charge in [0.15, 0.2) is 0 Å². The molecule has 7 heteroatoms. The SMILES string of the molecule is Cc1nn(C2CCCC2)cc1/C=N\NC(=O)[C@@]1(C)CC[C@@H](c2nc3ccccc3[nH]2)C1(C)C. The largest absolute Gasteiger partial charge is 0.342 e. The van der Waals surface area contributed by atoms with Gasteiger partial charge in [0, 0.05) is 17.7 Å². The van der Waals surface area contributed by atoms with Gasteiger partial charge in [0.1, 0.15) is 5.82 Å². The number of para-hydroxylation sites is 2. The summed E-state index contributed by atoms with van der Waals surface area (Å²) in [4.78, 5) is 21.7. The highest BCUT2D eigenvalue weighted by Gasteiger charge is 2.57. The van der Waals surface area contributed by atoms with Crippen LogP contribution in [0.4, 0.5) is 0 Å². The molecule has 2 aliphatic rings. The van der Waals surface area contributed by atoms with E-state index < -0.39 is 5.41 Å². The van der Waals surface area contributed by atoms with E-state index in [1.165, 1.54) is 25.7 Å². The van der Waals surface area contributed by atoms with E-state index in [4.69, 9.17) is 4.98 Å². The summed E-state index contributed by atoms with van der Waals surface area (Å²) in [6.45, 7) is 8.41. The number of hydrazone groups is 1. The maximum Gasteiger partial charge on any atom is 0.246 e. The summed E-state index contributed by atoms with van der Waals surface area (Å²) in [6.07, 6.45) is 10.4. The molecule has 2 N–H and O–H groups in total. The van der Waals surface area contributed by atoms with Gasteiger partial charge in [0.25, 0.3) is 0 Å². The number of nitrogens with one attached hydrogen (secondary N) is 2. The van der Waals surface area contributed by atoms with Crippen LogP contribution in [-0.2, 0) is 4.79 Å². The second-order valence-corrected chi connectivity index (χ2v) is 10.6. The Morgan fingerprint density at radius 1 is 1.21 bits per heavy atom. The van der Waals surface area contributed by atoms with Crippen molar-refractivity contribution < 1.29 is 4.79 Å². The van der Waals surface area contributed by atoms with Crippen LogP contribution in [0.3, 0.4) is 0 Å². The first-order valence-electron chi connectivity index (χ1n) is 12.1. The highest BCUT2D eigenvalue weighted by molar-refractivity contribution is 5.86. The van der Waals surface area contributed by atoms with Gasteiger partial charge in [-0.05, 0) is 50.2 Å². The topological polar surface area (TPSA) is 88.0 Å². The molecular weight excluding hydrogens is 412 g/mol. The van der Waals surface area contributed by atoms with E-state index >= 15 is 0 Å². The number of carbonyl (C=O) groups excluding carboxylic acids is 1. The number of aromatic amines is 1. The normalized spacial score (nSPS) is 25.4. The molecule has 33 heavy (non-hydrogen) atoms. The van der Waals surface area contributed by atoms with E-state index in [0.29, 0.717) is 6.04 Å². The molecule has 0 spiro atoms. The van der Waals surface area contributed by atoms with Crippen LogP contribution in [-0.4, -0.2) is 31.9 Å². The van der Waals surface area contributed by atoms with Crippen LogP contribution in [0.5, 0.6) is 0 Å². The number of hydrogen-bond acceptors (Lipinski definition) is 4. The molecule has 7 nitrogen and oxygen atoms in total. The van der Waals surface area contributed by atoms with Crippen LogP contribution in [0.25, 0.3) is 11.0 Å². The van der Waals surface area contributed by atoms with Crippen LogP contribution in [0.2, 0.25) is 0 Å². The standard InChI is InChI=1S/C26H34N6O/c1-17-18(16-32(31-17)19-9-5-6-10-19)15-27-30-24(33)26(4)14-13-20(25(26,2)3)23-28-21-11-7-8-12-22(21)29-23/h7-8,11-12,15-16,19-20H,5-6,9-10,13-14H2,1-4H3,(H,28,29)(H,30,33)/b27-15-/t20-,26+/m0/s1. The Hall–Kier alpha value is -2.96. The number of imidazole rings is 1. The molecule has 3 aromatic rings. The third-order valence-electron chi connectivity index (χ3n) is 8.49. The maximum atomic E-state index is 13.3. The zero-order valence-corrected chi connectivity index (χ0v) is 20.1. The minimum Gasteiger partial charge on any atom is -0.342 e. The number of amides is 1. The van der Waals surface area contributed by atoms with E-state index in [-0.39, 0.29) is 17.2 Å². The van der Waals surface area contributed by atoms with E-state index in [9.17, 15) is 4.79 Å². The molecule has 0 radical (unpaired) electrons. The lowest BCUT2D eigenvalue weighted by atomic mass is 9.65. The van der Waals surface area contributed by atoms with Gasteiger partial charge in [-0.1, -0.05) is 45.7 Å². The van der Waals surface area contributed by atoms with Crippen molar-refractivity contribution in [3.8, 4) is 0 Å².